The van der Waals surface area contributed by atoms with E-state index in [4.69, 9.17) is 5.11 Å². The van der Waals surface area contributed by atoms with Crippen LogP contribution in [0.25, 0.3) is 0 Å². The number of aliphatic hydroxyl groups is 1. The Morgan fingerprint density at radius 1 is 1.69 bits per heavy atom. The molecule has 3 N–H and O–H groups in total. The molecule has 1 heterocycles. The average Bonchev–Trinajstić information content (AvgIpc) is 2.61. The lowest BCUT2D eigenvalue weighted by molar-refractivity contribution is 0.231. The Balaban J connectivity index is 2.25. The van der Waals surface area contributed by atoms with Gasteiger partial charge in [0.1, 0.15) is 0 Å². The zero-order valence-electron chi connectivity index (χ0n) is 9.49. The summed E-state index contributed by atoms with van der Waals surface area (Å²) in [5.41, 5.74) is 0. The summed E-state index contributed by atoms with van der Waals surface area (Å²) in [6, 6.07) is -0.236. The molecule has 0 saturated carbocycles. The molecule has 0 spiro atoms. The van der Waals surface area contributed by atoms with Crippen molar-refractivity contribution >= 4 is 17.4 Å². The van der Waals surface area contributed by atoms with Gasteiger partial charge in [0.15, 0.2) is 0 Å². The summed E-state index contributed by atoms with van der Waals surface area (Å²) in [7, 11) is 0. The second-order valence-electron chi connectivity index (χ2n) is 3.59. The van der Waals surface area contributed by atoms with Crippen LogP contribution in [-0.2, 0) is 6.54 Å². The minimum atomic E-state index is -0.216. The second-order valence-corrected chi connectivity index (χ2v) is 4.91. The zero-order chi connectivity index (χ0) is 12.0. The lowest BCUT2D eigenvalue weighted by Gasteiger charge is -2.12. The van der Waals surface area contributed by atoms with Crippen molar-refractivity contribution in [2.45, 2.75) is 32.9 Å². The van der Waals surface area contributed by atoms with Gasteiger partial charge in [0, 0.05) is 23.7 Å². The number of thiazole rings is 1. The fourth-order valence-corrected chi connectivity index (χ4v) is 1.93. The summed E-state index contributed by atoms with van der Waals surface area (Å²) < 4.78 is 0. The molecule has 0 aliphatic carbocycles. The largest absolute Gasteiger partial charge is 0.396 e. The van der Waals surface area contributed by atoms with Crippen LogP contribution in [0.5, 0.6) is 0 Å². The van der Waals surface area contributed by atoms with Gasteiger partial charge in [0.25, 0.3) is 0 Å². The Morgan fingerprint density at radius 2 is 2.44 bits per heavy atom. The molecule has 0 aliphatic heterocycles. The van der Waals surface area contributed by atoms with E-state index in [2.05, 4.69) is 15.6 Å². The summed E-state index contributed by atoms with van der Waals surface area (Å²) in [5.74, 6) is 0. The number of hydrogen-bond donors (Lipinski definition) is 3. The van der Waals surface area contributed by atoms with Crippen molar-refractivity contribution in [2.75, 3.05) is 6.61 Å². The Bertz CT molecular complexity index is 341. The van der Waals surface area contributed by atoms with Crippen molar-refractivity contribution in [1.82, 2.24) is 15.6 Å². The predicted octanol–water partition coefficient (Wildman–Crippen LogP) is 1.02. The van der Waals surface area contributed by atoms with Crippen LogP contribution in [0, 0.1) is 6.92 Å². The molecule has 2 amide bonds. The summed E-state index contributed by atoms with van der Waals surface area (Å²) in [4.78, 5) is 16.5. The van der Waals surface area contributed by atoms with Gasteiger partial charge in [-0.25, -0.2) is 9.78 Å². The van der Waals surface area contributed by atoms with Crippen molar-refractivity contribution in [3.63, 3.8) is 0 Å². The van der Waals surface area contributed by atoms with Gasteiger partial charge in [-0.2, -0.15) is 0 Å². The monoisotopic (exact) mass is 243 g/mol. The number of urea groups is 1. The van der Waals surface area contributed by atoms with Crippen molar-refractivity contribution in [3.8, 4) is 0 Å². The van der Waals surface area contributed by atoms with Gasteiger partial charge >= 0.3 is 6.03 Å². The maximum atomic E-state index is 11.4. The van der Waals surface area contributed by atoms with Gasteiger partial charge in [-0.05, 0) is 20.3 Å². The molecule has 1 aromatic heterocycles. The van der Waals surface area contributed by atoms with Gasteiger partial charge < -0.3 is 15.7 Å². The van der Waals surface area contributed by atoms with Crippen LogP contribution in [0.1, 0.15) is 23.2 Å². The van der Waals surface area contributed by atoms with Crippen LogP contribution >= 0.6 is 11.3 Å². The summed E-state index contributed by atoms with van der Waals surface area (Å²) >= 11 is 1.57. The zero-order valence-corrected chi connectivity index (χ0v) is 10.3. The third-order valence-corrected chi connectivity index (χ3v) is 2.94. The van der Waals surface area contributed by atoms with Gasteiger partial charge in [-0.1, -0.05) is 0 Å². The number of nitrogens with zero attached hydrogens (tertiary/aromatic N) is 1. The highest BCUT2D eigenvalue weighted by Gasteiger charge is 2.06. The van der Waals surface area contributed by atoms with E-state index in [-0.39, 0.29) is 18.7 Å². The normalized spacial score (nSPS) is 12.2. The van der Waals surface area contributed by atoms with E-state index in [9.17, 15) is 4.79 Å². The molecular formula is C10H17N3O2S. The molecule has 0 aliphatic rings. The van der Waals surface area contributed by atoms with Crippen LogP contribution in [0.2, 0.25) is 0 Å². The van der Waals surface area contributed by atoms with Crippen molar-refractivity contribution in [2.24, 2.45) is 0 Å². The number of nitrogens with one attached hydrogen (secondary N) is 2. The van der Waals surface area contributed by atoms with Crippen LogP contribution in [0.4, 0.5) is 4.79 Å². The number of carbonyl (C=O) groups excluding carboxylic acids is 1. The Labute approximate surface area is 98.9 Å². The first-order valence-electron chi connectivity index (χ1n) is 5.18. The minimum Gasteiger partial charge on any atom is -0.396 e. The molecule has 1 aromatic rings. The SMILES string of the molecule is Cc1ncc(CNC(=O)N[C@H](C)CCO)s1. The topological polar surface area (TPSA) is 74.2 Å². The molecule has 0 saturated heterocycles. The maximum Gasteiger partial charge on any atom is 0.315 e. The highest BCUT2D eigenvalue weighted by atomic mass is 32.1. The van der Waals surface area contributed by atoms with Crippen LogP contribution in [0.15, 0.2) is 6.20 Å². The van der Waals surface area contributed by atoms with Crippen LogP contribution in [0.3, 0.4) is 0 Å². The van der Waals surface area contributed by atoms with Gasteiger partial charge in [0.05, 0.1) is 11.6 Å². The maximum absolute atomic E-state index is 11.4. The first-order valence-corrected chi connectivity index (χ1v) is 6.00. The minimum absolute atomic E-state index is 0.0202. The van der Waals surface area contributed by atoms with E-state index in [0.29, 0.717) is 13.0 Å². The fraction of sp³-hybridized carbons (Fsp3) is 0.600. The molecule has 0 bridgehead atoms. The standard InChI is InChI=1S/C10H17N3O2S/c1-7(3-4-14)13-10(15)12-6-9-5-11-8(2)16-9/h5,7,14H,3-4,6H2,1-2H3,(H2,12,13,15)/t7-/m1/s1. The molecule has 0 aromatic carbocycles. The summed E-state index contributed by atoms with van der Waals surface area (Å²) in [5, 5.41) is 15.1. The number of rotatable bonds is 5. The molecule has 90 valence electrons. The first-order chi connectivity index (χ1) is 7.61. The Hall–Kier alpha value is -1.14. The van der Waals surface area contributed by atoms with E-state index in [0.717, 1.165) is 9.88 Å². The number of carbonyl (C=O) groups is 1. The average molecular weight is 243 g/mol. The van der Waals surface area contributed by atoms with Gasteiger partial charge in [-0.15, -0.1) is 11.3 Å². The van der Waals surface area contributed by atoms with Gasteiger partial charge in [-0.3, -0.25) is 0 Å². The highest BCUT2D eigenvalue weighted by Crippen LogP contribution is 2.10. The molecule has 1 atom stereocenters. The fourth-order valence-electron chi connectivity index (χ4n) is 1.20. The van der Waals surface area contributed by atoms with E-state index < -0.39 is 0 Å². The van der Waals surface area contributed by atoms with E-state index >= 15 is 0 Å². The molecule has 0 radical (unpaired) electrons. The van der Waals surface area contributed by atoms with Gasteiger partial charge in [0.2, 0.25) is 0 Å². The van der Waals surface area contributed by atoms with Crippen molar-refractivity contribution in [3.05, 3.63) is 16.1 Å². The molecular weight excluding hydrogens is 226 g/mol. The van der Waals surface area contributed by atoms with Crippen LogP contribution in [-0.4, -0.2) is 28.8 Å². The molecule has 6 heteroatoms. The summed E-state index contributed by atoms with van der Waals surface area (Å²) in [6.07, 6.45) is 2.32. The van der Waals surface area contributed by atoms with Crippen molar-refractivity contribution < 1.29 is 9.90 Å². The quantitative estimate of drug-likeness (QED) is 0.723. The third-order valence-electron chi connectivity index (χ3n) is 2.03. The molecule has 5 nitrogen and oxygen atoms in total. The van der Waals surface area contributed by atoms with E-state index in [1.807, 2.05) is 13.8 Å². The Morgan fingerprint density at radius 3 is 3.00 bits per heavy atom. The number of aryl methyl sites for hydroxylation is 1. The molecule has 0 unspecified atom stereocenters. The van der Waals surface area contributed by atoms with E-state index in [1.54, 1.807) is 17.5 Å². The molecule has 16 heavy (non-hydrogen) atoms. The molecule has 0 fully saturated rings. The lowest BCUT2D eigenvalue weighted by Crippen LogP contribution is -2.40. The number of aliphatic hydroxyl groups excluding tert-OH is 1. The summed E-state index contributed by atoms with van der Waals surface area (Å²) in [6.45, 7) is 4.35. The second kappa shape index (κ2) is 6.44. The highest BCUT2D eigenvalue weighted by molar-refractivity contribution is 7.11. The van der Waals surface area contributed by atoms with Crippen LogP contribution < -0.4 is 10.6 Å². The smallest absolute Gasteiger partial charge is 0.315 e. The number of hydrogen-bond acceptors (Lipinski definition) is 4. The number of aromatic nitrogens is 1. The predicted molar refractivity (Wildman–Crippen MR) is 63.4 cm³/mol. The third kappa shape index (κ3) is 4.59. The lowest BCUT2D eigenvalue weighted by atomic mass is 10.2. The van der Waals surface area contributed by atoms with E-state index in [1.165, 1.54) is 0 Å². The molecule has 1 rings (SSSR count). The van der Waals surface area contributed by atoms with Crippen molar-refractivity contribution in [1.29, 1.82) is 0 Å². The Kier molecular flexibility index (Phi) is 5.21. The number of amides is 2. The first kappa shape index (κ1) is 12.9.